The van der Waals surface area contributed by atoms with Crippen LogP contribution in [-0.2, 0) is 9.59 Å². The van der Waals surface area contributed by atoms with Gasteiger partial charge in [0.25, 0.3) is 0 Å². The molecule has 0 saturated carbocycles. The first kappa shape index (κ1) is 16.1. The zero-order valence-electron chi connectivity index (χ0n) is 14.4. The van der Waals surface area contributed by atoms with Crippen LogP contribution >= 0.6 is 0 Å². The van der Waals surface area contributed by atoms with Gasteiger partial charge in [0.2, 0.25) is 0 Å². The number of hydrogen-bond donors (Lipinski definition) is 0. The number of carbonyl (C=O) groups excluding carboxylic acids is 2. The maximum Gasteiger partial charge on any atom is 0.308 e. The van der Waals surface area contributed by atoms with E-state index in [0.29, 0.717) is 11.5 Å². The second kappa shape index (κ2) is 6.15. The van der Waals surface area contributed by atoms with E-state index in [2.05, 4.69) is 0 Å². The third kappa shape index (κ3) is 2.56. The largest absolute Gasteiger partial charge is 0.426 e. The number of fused-ring (bicyclic) bond motifs is 6. The lowest BCUT2D eigenvalue weighted by molar-refractivity contribution is -0.132. The van der Waals surface area contributed by atoms with Crippen LogP contribution in [0.1, 0.15) is 13.8 Å². The molecule has 0 saturated heterocycles. The predicted octanol–water partition coefficient (Wildman–Crippen LogP) is 5.00. The number of ether oxygens (including phenoxy) is 2. The maximum absolute atomic E-state index is 11.6. The fourth-order valence-corrected chi connectivity index (χ4v) is 3.45. The van der Waals surface area contributed by atoms with Gasteiger partial charge in [-0.05, 0) is 33.7 Å². The predicted molar refractivity (Wildman–Crippen MR) is 102 cm³/mol. The number of esters is 2. The smallest absolute Gasteiger partial charge is 0.308 e. The second-order valence-electron chi connectivity index (χ2n) is 6.09. The molecule has 0 atom stereocenters. The van der Waals surface area contributed by atoms with Crippen LogP contribution in [0.3, 0.4) is 0 Å². The molecule has 0 aliphatic heterocycles. The monoisotopic (exact) mass is 344 g/mol. The van der Waals surface area contributed by atoms with Gasteiger partial charge >= 0.3 is 11.9 Å². The third-order valence-corrected chi connectivity index (χ3v) is 4.32. The SMILES string of the molecule is CC(=O)Oc1ccc(OC(C)=O)c2c3ccccc3c3ccccc3c12. The number of carbonyl (C=O) groups is 2. The lowest BCUT2D eigenvalue weighted by Gasteiger charge is -2.16. The summed E-state index contributed by atoms with van der Waals surface area (Å²) in [6.07, 6.45) is 0. The molecule has 0 amide bonds. The summed E-state index contributed by atoms with van der Waals surface area (Å²) in [7, 11) is 0. The van der Waals surface area contributed by atoms with Gasteiger partial charge in [-0.25, -0.2) is 0 Å². The van der Waals surface area contributed by atoms with Crippen molar-refractivity contribution in [2.24, 2.45) is 0 Å². The average molecular weight is 344 g/mol. The van der Waals surface area contributed by atoms with E-state index >= 15 is 0 Å². The highest BCUT2D eigenvalue weighted by molar-refractivity contribution is 6.28. The van der Waals surface area contributed by atoms with Crippen LogP contribution in [0.25, 0.3) is 32.3 Å². The summed E-state index contributed by atoms with van der Waals surface area (Å²) in [5.41, 5.74) is 0. The van der Waals surface area contributed by atoms with Crippen molar-refractivity contribution in [3.8, 4) is 11.5 Å². The Balaban J connectivity index is 2.28. The summed E-state index contributed by atoms with van der Waals surface area (Å²) in [6, 6.07) is 19.2. The lowest BCUT2D eigenvalue weighted by Crippen LogP contribution is -2.05. The zero-order chi connectivity index (χ0) is 18.3. The molecule has 26 heavy (non-hydrogen) atoms. The Morgan fingerprint density at radius 2 is 0.923 bits per heavy atom. The number of benzene rings is 4. The topological polar surface area (TPSA) is 52.6 Å². The summed E-state index contributed by atoms with van der Waals surface area (Å²) in [5, 5.41) is 5.48. The van der Waals surface area contributed by atoms with Gasteiger partial charge in [0.1, 0.15) is 11.5 Å². The number of rotatable bonds is 2. The molecule has 4 heteroatoms. The highest BCUT2D eigenvalue weighted by Gasteiger charge is 2.18. The van der Waals surface area contributed by atoms with Crippen LogP contribution in [0.5, 0.6) is 11.5 Å². The Morgan fingerprint density at radius 3 is 1.27 bits per heavy atom. The van der Waals surface area contributed by atoms with E-state index in [-0.39, 0.29) is 0 Å². The normalized spacial score (nSPS) is 11.0. The molecule has 0 spiro atoms. The van der Waals surface area contributed by atoms with Crippen LogP contribution in [0.2, 0.25) is 0 Å². The van der Waals surface area contributed by atoms with Crippen LogP contribution in [-0.4, -0.2) is 11.9 Å². The molecular formula is C22H16O4. The molecule has 0 fully saturated rings. The highest BCUT2D eigenvalue weighted by Crippen LogP contribution is 2.43. The highest BCUT2D eigenvalue weighted by atomic mass is 16.5. The minimum Gasteiger partial charge on any atom is -0.426 e. The Bertz CT molecular complexity index is 1100. The molecule has 128 valence electrons. The van der Waals surface area contributed by atoms with Gasteiger partial charge in [-0.3, -0.25) is 9.59 Å². The van der Waals surface area contributed by atoms with Crippen LogP contribution in [0, 0.1) is 0 Å². The zero-order valence-corrected chi connectivity index (χ0v) is 14.4. The molecule has 0 unspecified atom stereocenters. The standard InChI is InChI=1S/C22H16O4/c1-13(23)25-19-11-12-20(26-14(2)24)22-18-10-6-4-8-16(18)15-7-3-5-9-17(15)21(19)22/h3-12H,1-2H3. The summed E-state index contributed by atoms with van der Waals surface area (Å²) in [4.78, 5) is 23.2. The molecule has 0 aliphatic carbocycles. The van der Waals surface area contributed by atoms with E-state index in [9.17, 15) is 9.59 Å². The molecule has 4 nitrogen and oxygen atoms in total. The summed E-state index contributed by atoms with van der Waals surface area (Å²) in [6.45, 7) is 2.74. The minimum absolute atomic E-state index is 0.399. The van der Waals surface area contributed by atoms with Crippen LogP contribution < -0.4 is 9.47 Å². The van der Waals surface area contributed by atoms with E-state index in [1.54, 1.807) is 12.1 Å². The molecule has 4 rings (SSSR count). The van der Waals surface area contributed by atoms with Crippen LogP contribution in [0.4, 0.5) is 0 Å². The second-order valence-corrected chi connectivity index (χ2v) is 6.09. The summed E-state index contributed by atoms with van der Waals surface area (Å²) >= 11 is 0. The van der Waals surface area contributed by atoms with Crippen molar-refractivity contribution in [1.29, 1.82) is 0 Å². The average Bonchev–Trinajstić information content (AvgIpc) is 2.62. The van der Waals surface area contributed by atoms with E-state index in [0.717, 1.165) is 32.3 Å². The molecule has 4 aromatic rings. The summed E-state index contributed by atoms with van der Waals surface area (Å²) in [5.74, 6) is 0.100. The van der Waals surface area contributed by atoms with Crippen molar-refractivity contribution in [2.45, 2.75) is 13.8 Å². The quantitative estimate of drug-likeness (QED) is 0.292. The molecule has 4 aromatic carbocycles. The van der Waals surface area contributed by atoms with Gasteiger partial charge in [0, 0.05) is 24.6 Å². The van der Waals surface area contributed by atoms with Crippen molar-refractivity contribution >= 4 is 44.3 Å². The van der Waals surface area contributed by atoms with Crippen molar-refractivity contribution < 1.29 is 19.1 Å². The Kier molecular flexibility index (Phi) is 3.81. The van der Waals surface area contributed by atoms with E-state index in [1.807, 2.05) is 48.5 Å². The molecule has 0 bridgehead atoms. The van der Waals surface area contributed by atoms with Gasteiger partial charge < -0.3 is 9.47 Å². The summed E-state index contributed by atoms with van der Waals surface area (Å²) < 4.78 is 10.9. The lowest BCUT2D eigenvalue weighted by atomic mass is 9.93. The van der Waals surface area contributed by atoms with Gasteiger partial charge in [0.15, 0.2) is 0 Å². The van der Waals surface area contributed by atoms with Gasteiger partial charge in [-0.2, -0.15) is 0 Å². The fourth-order valence-electron chi connectivity index (χ4n) is 3.45. The molecule has 0 aromatic heterocycles. The van der Waals surface area contributed by atoms with Gasteiger partial charge in [0.05, 0.1) is 0 Å². The Labute approximate surface area is 149 Å². The van der Waals surface area contributed by atoms with Crippen molar-refractivity contribution in [3.63, 3.8) is 0 Å². The first-order valence-electron chi connectivity index (χ1n) is 8.29. The fraction of sp³-hybridized carbons (Fsp3) is 0.0909. The maximum atomic E-state index is 11.6. The van der Waals surface area contributed by atoms with Crippen molar-refractivity contribution in [2.75, 3.05) is 0 Å². The first-order chi connectivity index (χ1) is 12.6. The minimum atomic E-state index is -0.399. The Morgan fingerprint density at radius 1 is 0.577 bits per heavy atom. The van der Waals surface area contributed by atoms with Gasteiger partial charge in [-0.1, -0.05) is 48.5 Å². The first-order valence-corrected chi connectivity index (χ1v) is 8.29. The molecule has 0 radical (unpaired) electrons. The third-order valence-electron chi connectivity index (χ3n) is 4.32. The molecule has 0 aliphatic rings. The molecule has 0 heterocycles. The Hall–Kier alpha value is -3.40. The molecule has 0 N–H and O–H groups in total. The van der Waals surface area contributed by atoms with E-state index in [4.69, 9.17) is 9.47 Å². The van der Waals surface area contributed by atoms with E-state index in [1.165, 1.54) is 13.8 Å². The van der Waals surface area contributed by atoms with Gasteiger partial charge in [-0.15, -0.1) is 0 Å². The van der Waals surface area contributed by atoms with Crippen LogP contribution in [0.15, 0.2) is 60.7 Å². The van der Waals surface area contributed by atoms with E-state index < -0.39 is 11.9 Å². The van der Waals surface area contributed by atoms with Crippen molar-refractivity contribution in [3.05, 3.63) is 60.7 Å². The van der Waals surface area contributed by atoms with Crippen molar-refractivity contribution in [1.82, 2.24) is 0 Å². The molecular weight excluding hydrogens is 328 g/mol. The number of hydrogen-bond acceptors (Lipinski definition) is 4.